The lowest BCUT2D eigenvalue weighted by molar-refractivity contribution is 0.0517. The molecule has 1 aliphatic carbocycles. The Kier molecular flexibility index (Phi) is 3.95. The van der Waals surface area contributed by atoms with E-state index in [0.29, 0.717) is 17.6 Å². The molecule has 110 valence electrons. The molecular weight excluding hydrogens is 312 g/mol. The molecule has 2 aliphatic rings. The molecule has 1 saturated heterocycles. The first-order valence-electron chi connectivity index (χ1n) is 7.76. The fraction of sp³-hybridized carbons (Fsp3) is 0.647. The molecule has 3 rings (SSSR count). The molecule has 0 amide bonds. The quantitative estimate of drug-likeness (QED) is 0.898. The van der Waals surface area contributed by atoms with Crippen LogP contribution in [0, 0.1) is 5.92 Å². The molecule has 0 spiro atoms. The zero-order valence-corrected chi connectivity index (χ0v) is 14.3. The second kappa shape index (κ2) is 5.43. The van der Waals surface area contributed by atoms with E-state index in [1.807, 2.05) is 0 Å². The summed E-state index contributed by atoms with van der Waals surface area (Å²) >= 11 is 3.52. The Morgan fingerprint density at radius 3 is 2.55 bits per heavy atom. The van der Waals surface area contributed by atoms with Crippen molar-refractivity contribution in [2.75, 3.05) is 13.1 Å². The van der Waals surface area contributed by atoms with E-state index in [9.17, 15) is 0 Å². The molecule has 3 atom stereocenters. The summed E-state index contributed by atoms with van der Waals surface area (Å²) in [5, 5.41) is 3.80. The fourth-order valence-electron chi connectivity index (χ4n) is 3.53. The van der Waals surface area contributed by atoms with Crippen LogP contribution in [0.4, 0.5) is 0 Å². The monoisotopic (exact) mass is 336 g/mol. The molecule has 1 aromatic rings. The van der Waals surface area contributed by atoms with Crippen LogP contribution < -0.4 is 5.32 Å². The summed E-state index contributed by atoms with van der Waals surface area (Å²) in [6.07, 6.45) is 2.80. The van der Waals surface area contributed by atoms with Gasteiger partial charge in [-0.2, -0.15) is 0 Å². The van der Waals surface area contributed by atoms with Gasteiger partial charge in [0, 0.05) is 35.2 Å². The molecule has 2 nitrogen and oxygen atoms in total. The first kappa shape index (κ1) is 14.6. The van der Waals surface area contributed by atoms with Gasteiger partial charge in [-0.25, -0.2) is 0 Å². The summed E-state index contributed by atoms with van der Waals surface area (Å²) in [7, 11) is 0. The zero-order valence-electron chi connectivity index (χ0n) is 12.7. The third-order valence-electron chi connectivity index (χ3n) is 5.21. The van der Waals surface area contributed by atoms with Crippen LogP contribution in [0.25, 0.3) is 0 Å². The lowest BCUT2D eigenvalue weighted by Crippen LogP contribution is -2.63. The van der Waals surface area contributed by atoms with Gasteiger partial charge in [0.1, 0.15) is 0 Å². The standard InChI is InChI=1S/C17H25BrN2/c1-12-10-19-17(3,15-6-7-15)11-20(12)13(2)14-4-8-16(18)9-5-14/h4-5,8-9,12-13,15,19H,6-7,10-11H2,1-3H3. The maximum Gasteiger partial charge on any atom is 0.0324 e. The molecule has 0 radical (unpaired) electrons. The Morgan fingerprint density at radius 2 is 1.95 bits per heavy atom. The Morgan fingerprint density at radius 1 is 1.30 bits per heavy atom. The first-order valence-corrected chi connectivity index (χ1v) is 8.55. The van der Waals surface area contributed by atoms with Gasteiger partial charge in [0.2, 0.25) is 0 Å². The predicted octanol–water partition coefficient (Wildman–Crippen LogP) is 3.97. The van der Waals surface area contributed by atoms with Gasteiger partial charge < -0.3 is 5.32 Å². The van der Waals surface area contributed by atoms with Crippen LogP contribution in [0.3, 0.4) is 0 Å². The van der Waals surface area contributed by atoms with Crippen molar-refractivity contribution in [3.8, 4) is 0 Å². The van der Waals surface area contributed by atoms with Crippen molar-refractivity contribution in [1.29, 1.82) is 0 Å². The molecule has 0 aromatic heterocycles. The minimum atomic E-state index is 0.316. The summed E-state index contributed by atoms with van der Waals surface area (Å²) in [6.45, 7) is 9.37. The largest absolute Gasteiger partial charge is 0.308 e. The Bertz CT molecular complexity index is 468. The van der Waals surface area contributed by atoms with Crippen molar-refractivity contribution in [2.24, 2.45) is 5.92 Å². The maximum absolute atomic E-state index is 3.80. The smallest absolute Gasteiger partial charge is 0.0324 e. The number of benzene rings is 1. The highest BCUT2D eigenvalue weighted by Gasteiger charge is 2.46. The number of nitrogens with zero attached hydrogens (tertiary/aromatic N) is 1. The molecule has 1 aromatic carbocycles. The average molecular weight is 337 g/mol. The predicted molar refractivity (Wildman–Crippen MR) is 87.9 cm³/mol. The third kappa shape index (κ3) is 2.81. The molecular formula is C17H25BrN2. The summed E-state index contributed by atoms with van der Waals surface area (Å²) in [4.78, 5) is 2.68. The third-order valence-corrected chi connectivity index (χ3v) is 5.74. The van der Waals surface area contributed by atoms with Gasteiger partial charge in [-0.1, -0.05) is 28.1 Å². The second-order valence-corrected chi connectivity index (χ2v) is 7.74. The van der Waals surface area contributed by atoms with Crippen molar-refractivity contribution < 1.29 is 0 Å². The van der Waals surface area contributed by atoms with E-state index in [2.05, 4.69) is 71.2 Å². The average Bonchev–Trinajstić information content (AvgIpc) is 3.27. The molecule has 3 heteroatoms. The maximum atomic E-state index is 3.80. The molecule has 1 N–H and O–H groups in total. The number of piperazine rings is 1. The highest BCUT2D eigenvalue weighted by Crippen LogP contribution is 2.42. The van der Waals surface area contributed by atoms with Crippen LogP contribution in [0.1, 0.15) is 45.2 Å². The van der Waals surface area contributed by atoms with Crippen LogP contribution in [-0.4, -0.2) is 29.6 Å². The van der Waals surface area contributed by atoms with Gasteiger partial charge in [0.15, 0.2) is 0 Å². The van der Waals surface area contributed by atoms with E-state index in [-0.39, 0.29) is 0 Å². The molecule has 3 unspecified atom stereocenters. The number of rotatable bonds is 3. The van der Waals surface area contributed by atoms with Crippen molar-refractivity contribution >= 4 is 15.9 Å². The fourth-order valence-corrected chi connectivity index (χ4v) is 3.80. The van der Waals surface area contributed by atoms with Gasteiger partial charge in [-0.05, 0) is 57.2 Å². The molecule has 0 bridgehead atoms. The number of hydrogen-bond acceptors (Lipinski definition) is 2. The normalized spacial score (nSPS) is 33.1. The van der Waals surface area contributed by atoms with Crippen LogP contribution in [-0.2, 0) is 0 Å². The minimum Gasteiger partial charge on any atom is -0.308 e. The summed E-state index contributed by atoms with van der Waals surface area (Å²) in [6, 6.07) is 9.88. The number of nitrogens with one attached hydrogen (secondary N) is 1. The van der Waals surface area contributed by atoms with Gasteiger partial charge >= 0.3 is 0 Å². The highest BCUT2D eigenvalue weighted by atomic mass is 79.9. The lowest BCUT2D eigenvalue weighted by Gasteiger charge is -2.48. The van der Waals surface area contributed by atoms with Crippen molar-refractivity contribution in [3.63, 3.8) is 0 Å². The van der Waals surface area contributed by atoms with Crippen molar-refractivity contribution in [3.05, 3.63) is 34.3 Å². The topological polar surface area (TPSA) is 15.3 Å². The minimum absolute atomic E-state index is 0.316. The number of halogens is 1. The summed E-state index contributed by atoms with van der Waals surface area (Å²) < 4.78 is 1.16. The van der Waals surface area contributed by atoms with Crippen LogP contribution in [0.15, 0.2) is 28.7 Å². The van der Waals surface area contributed by atoms with Gasteiger partial charge in [-0.15, -0.1) is 0 Å². The summed E-state index contributed by atoms with van der Waals surface area (Å²) in [5.41, 5.74) is 1.73. The van der Waals surface area contributed by atoms with Gasteiger partial charge in [0.05, 0.1) is 0 Å². The van der Waals surface area contributed by atoms with Gasteiger partial charge in [0.25, 0.3) is 0 Å². The second-order valence-electron chi connectivity index (χ2n) is 6.82. The van der Waals surface area contributed by atoms with E-state index in [0.717, 1.165) is 23.5 Å². The molecule has 20 heavy (non-hydrogen) atoms. The Hall–Kier alpha value is -0.380. The van der Waals surface area contributed by atoms with Crippen molar-refractivity contribution in [1.82, 2.24) is 10.2 Å². The van der Waals surface area contributed by atoms with E-state index in [1.54, 1.807) is 0 Å². The molecule has 2 fully saturated rings. The van der Waals surface area contributed by atoms with E-state index in [4.69, 9.17) is 0 Å². The first-order chi connectivity index (χ1) is 9.49. The SMILES string of the molecule is CC1CNC(C)(C2CC2)CN1C(C)c1ccc(Br)cc1. The number of hydrogen-bond donors (Lipinski definition) is 1. The van der Waals surface area contributed by atoms with E-state index < -0.39 is 0 Å². The van der Waals surface area contributed by atoms with Crippen LogP contribution in [0.2, 0.25) is 0 Å². The van der Waals surface area contributed by atoms with E-state index in [1.165, 1.54) is 18.4 Å². The Balaban J connectivity index is 1.77. The van der Waals surface area contributed by atoms with Gasteiger partial charge in [-0.3, -0.25) is 4.90 Å². The van der Waals surface area contributed by atoms with Crippen LogP contribution >= 0.6 is 15.9 Å². The highest BCUT2D eigenvalue weighted by molar-refractivity contribution is 9.10. The molecule has 1 heterocycles. The zero-order chi connectivity index (χ0) is 14.3. The molecule has 1 aliphatic heterocycles. The summed E-state index contributed by atoms with van der Waals surface area (Å²) in [5.74, 6) is 0.884. The van der Waals surface area contributed by atoms with E-state index >= 15 is 0 Å². The Labute approximate surface area is 131 Å². The molecule has 1 saturated carbocycles. The van der Waals surface area contributed by atoms with Crippen LogP contribution in [0.5, 0.6) is 0 Å². The lowest BCUT2D eigenvalue weighted by atomic mass is 9.89. The van der Waals surface area contributed by atoms with Crippen molar-refractivity contribution in [2.45, 2.75) is 51.2 Å².